The molecule has 0 unspecified atom stereocenters. The van der Waals surface area contributed by atoms with Gasteiger partial charge in [0.2, 0.25) is 5.89 Å². The van der Waals surface area contributed by atoms with E-state index in [1.165, 1.54) is 0 Å². The Morgan fingerprint density at radius 2 is 1.71 bits per heavy atom. The first kappa shape index (κ1) is 22.8. The highest BCUT2D eigenvalue weighted by atomic mass is 16.5. The van der Waals surface area contributed by atoms with Crippen LogP contribution in [-0.4, -0.2) is 22.7 Å². The Morgan fingerprint density at radius 3 is 2.41 bits per heavy atom. The van der Waals surface area contributed by atoms with Crippen LogP contribution in [0.5, 0.6) is 5.75 Å². The molecule has 0 radical (unpaired) electrons. The molecule has 1 aromatic heterocycles. The highest BCUT2D eigenvalue weighted by molar-refractivity contribution is 5.68. The van der Waals surface area contributed by atoms with Gasteiger partial charge in [-0.25, -0.2) is 4.98 Å². The molecule has 3 aromatic carbocycles. The van der Waals surface area contributed by atoms with Crippen LogP contribution in [0.4, 0.5) is 0 Å². The van der Waals surface area contributed by atoms with E-state index in [0.29, 0.717) is 42.2 Å². The number of nitrogens with zero attached hydrogens (tertiary/aromatic N) is 2. The van der Waals surface area contributed by atoms with Crippen molar-refractivity contribution in [3.8, 4) is 34.4 Å². The van der Waals surface area contributed by atoms with Crippen molar-refractivity contribution < 1.29 is 19.1 Å². The van der Waals surface area contributed by atoms with E-state index in [0.717, 1.165) is 28.1 Å². The van der Waals surface area contributed by atoms with Crippen molar-refractivity contribution in [3.63, 3.8) is 0 Å². The summed E-state index contributed by atoms with van der Waals surface area (Å²) in [5.41, 5.74) is 5.15. The number of rotatable bonds is 9. The molecule has 6 nitrogen and oxygen atoms in total. The van der Waals surface area contributed by atoms with E-state index in [9.17, 15) is 10.1 Å². The average molecular weight is 453 g/mol. The van der Waals surface area contributed by atoms with Gasteiger partial charge in [-0.2, -0.15) is 5.26 Å². The third-order valence-electron chi connectivity index (χ3n) is 5.55. The number of hydrogen-bond donors (Lipinski definition) is 1. The van der Waals surface area contributed by atoms with Crippen LogP contribution in [0.2, 0.25) is 0 Å². The Labute approximate surface area is 198 Å². The first-order chi connectivity index (χ1) is 16.5. The zero-order chi connectivity index (χ0) is 23.9. The predicted molar refractivity (Wildman–Crippen MR) is 128 cm³/mol. The largest absolute Gasteiger partial charge is 0.493 e. The second kappa shape index (κ2) is 10.5. The molecule has 0 aliphatic rings. The standard InChI is InChI=1S/C28H24N2O4/c1-19-26(15-16-33-25-13-11-22(12-14-27(31)32)24(17-25)18-29)30-28(34-19)23-9-7-21(8-10-23)20-5-3-2-4-6-20/h2-11,13,17H,12,14-16H2,1H3,(H,31,32). The molecule has 4 aromatic rings. The van der Waals surface area contributed by atoms with E-state index in [-0.39, 0.29) is 6.42 Å². The summed E-state index contributed by atoms with van der Waals surface area (Å²) >= 11 is 0. The molecule has 0 fully saturated rings. The molecule has 0 aliphatic heterocycles. The van der Waals surface area contributed by atoms with E-state index < -0.39 is 5.97 Å². The lowest BCUT2D eigenvalue weighted by molar-refractivity contribution is -0.136. The molecule has 6 heteroatoms. The summed E-state index contributed by atoms with van der Waals surface area (Å²) in [6, 6.07) is 25.6. The number of nitriles is 1. The second-order valence-electron chi connectivity index (χ2n) is 7.89. The number of aliphatic carboxylic acids is 1. The van der Waals surface area contributed by atoms with Crippen molar-refractivity contribution in [2.24, 2.45) is 0 Å². The molecule has 0 aliphatic carbocycles. The molecule has 0 amide bonds. The summed E-state index contributed by atoms with van der Waals surface area (Å²) in [6.45, 7) is 2.26. The van der Waals surface area contributed by atoms with Gasteiger partial charge >= 0.3 is 5.97 Å². The summed E-state index contributed by atoms with van der Waals surface area (Å²) in [5.74, 6) is 0.987. The van der Waals surface area contributed by atoms with E-state index in [2.05, 4.69) is 35.3 Å². The summed E-state index contributed by atoms with van der Waals surface area (Å²) in [6.07, 6.45) is 0.851. The number of carboxylic acids is 1. The van der Waals surface area contributed by atoms with Crippen molar-refractivity contribution in [1.29, 1.82) is 5.26 Å². The Bertz CT molecular complexity index is 1320. The molecule has 1 heterocycles. The third-order valence-corrected chi connectivity index (χ3v) is 5.55. The number of hydrogen-bond acceptors (Lipinski definition) is 5. The van der Waals surface area contributed by atoms with Gasteiger partial charge < -0.3 is 14.3 Å². The van der Waals surface area contributed by atoms with Gasteiger partial charge in [-0.05, 0) is 54.3 Å². The van der Waals surface area contributed by atoms with Gasteiger partial charge in [-0.15, -0.1) is 0 Å². The fraction of sp³-hybridized carbons (Fsp3) is 0.179. The molecule has 0 saturated carbocycles. The van der Waals surface area contributed by atoms with Crippen molar-refractivity contribution in [2.75, 3.05) is 6.61 Å². The van der Waals surface area contributed by atoms with Gasteiger partial charge in [0.1, 0.15) is 11.5 Å². The van der Waals surface area contributed by atoms with Crippen LogP contribution in [0, 0.1) is 18.3 Å². The number of carboxylic acid groups (broad SMARTS) is 1. The summed E-state index contributed by atoms with van der Waals surface area (Å²) in [7, 11) is 0. The molecule has 0 atom stereocenters. The number of oxazole rings is 1. The number of benzene rings is 3. The fourth-order valence-electron chi connectivity index (χ4n) is 3.69. The van der Waals surface area contributed by atoms with Crippen LogP contribution in [0.3, 0.4) is 0 Å². The van der Waals surface area contributed by atoms with Gasteiger partial charge in [0.15, 0.2) is 0 Å². The molecular formula is C28H24N2O4. The maximum absolute atomic E-state index is 10.8. The average Bonchev–Trinajstić information content (AvgIpc) is 3.24. The minimum Gasteiger partial charge on any atom is -0.493 e. The topological polar surface area (TPSA) is 96.3 Å². The van der Waals surface area contributed by atoms with Crippen molar-refractivity contribution in [2.45, 2.75) is 26.2 Å². The van der Waals surface area contributed by atoms with Crippen LogP contribution in [-0.2, 0) is 17.6 Å². The van der Waals surface area contributed by atoms with E-state index in [4.69, 9.17) is 14.3 Å². The molecule has 0 bridgehead atoms. The molecule has 0 spiro atoms. The van der Waals surface area contributed by atoms with Gasteiger partial charge in [0.05, 0.1) is 23.9 Å². The zero-order valence-corrected chi connectivity index (χ0v) is 18.8. The summed E-state index contributed by atoms with van der Waals surface area (Å²) < 4.78 is 11.7. The van der Waals surface area contributed by atoms with Crippen LogP contribution in [0.1, 0.15) is 29.0 Å². The highest BCUT2D eigenvalue weighted by Gasteiger charge is 2.13. The van der Waals surface area contributed by atoms with Crippen molar-refractivity contribution in [1.82, 2.24) is 4.98 Å². The first-order valence-corrected chi connectivity index (χ1v) is 11.0. The summed E-state index contributed by atoms with van der Waals surface area (Å²) in [4.78, 5) is 15.4. The van der Waals surface area contributed by atoms with Crippen LogP contribution in [0.15, 0.2) is 77.2 Å². The molecule has 170 valence electrons. The van der Waals surface area contributed by atoms with Gasteiger partial charge in [0, 0.05) is 18.4 Å². The Hall–Kier alpha value is -4.37. The highest BCUT2D eigenvalue weighted by Crippen LogP contribution is 2.26. The van der Waals surface area contributed by atoms with Crippen LogP contribution >= 0.6 is 0 Å². The minimum atomic E-state index is -0.890. The lowest BCUT2D eigenvalue weighted by Crippen LogP contribution is -2.04. The quantitative estimate of drug-likeness (QED) is 0.343. The molecule has 34 heavy (non-hydrogen) atoms. The minimum absolute atomic E-state index is 0.0162. The number of aryl methyl sites for hydroxylation is 2. The Balaban J connectivity index is 1.38. The first-order valence-electron chi connectivity index (χ1n) is 11.0. The number of ether oxygens (including phenoxy) is 1. The normalized spacial score (nSPS) is 10.6. The maximum Gasteiger partial charge on any atom is 0.303 e. The smallest absolute Gasteiger partial charge is 0.303 e. The Morgan fingerprint density at radius 1 is 1.00 bits per heavy atom. The van der Waals surface area contributed by atoms with E-state index in [1.54, 1.807) is 18.2 Å². The SMILES string of the molecule is Cc1oc(-c2ccc(-c3ccccc3)cc2)nc1CCOc1ccc(CCC(=O)O)c(C#N)c1. The van der Waals surface area contributed by atoms with Gasteiger partial charge in [-0.3, -0.25) is 4.79 Å². The monoisotopic (exact) mass is 452 g/mol. The predicted octanol–water partition coefficient (Wildman–Crippen LogP) is 5.83. The van der Waals surface area contributed by atoms with Crippen LogP contribution in [0.25, 0.3) is 22.6 Å². The number of aromatic nitrogens is 1. The van der Waals surface area contributed by atoms with Crippen molar-refractivity contribution in [3.05, 3.63) is 95.4 Å². The fourth-order valence-corrected chi connectivity index (χ4v) is 3.69. The lowest BCUT2D eigenvalue weighted by Gasteiger charge is -2.08. The van der Waals surface area contributed by atoms with E-state index in [1.807, 2.05) is 37.3 Å². The number of carbonyl (C=O) groups is 1. The molecule has 0 saturated heterocycles. The van der Waals surface area contributed by atoms with Gasteiger partial charge in [-0.1, -0.05) is 48.5 Å². The van der Waals surface area contributed by atoms with E-state index >= 15 is 0 Å². The molecule has 4 rings (SSSR count). The maximum atomic E-state index is 10.8. The zero-order valence-electron chi connectivity index (χ0n) is 18.8. The third kappa shape index (κ3) is 5.51. The van der Waals surface area contributed by atoms with Gasteiger partial charge in [0.25, 0.3) is 0 Å². The van der Waals surface area contributed by atoms with Crippen molar-refractivity contribution >= 4 is 5.97 Å². The van der Waals surface area contributed by atoms with Crippen LogP contribution < -0.4 is 4.74 Å². The molecular weight excluding hydrogens is 428 g/mol. The second-order valence-corrected chi connectivity index (χ2v) is 7.89. The Kier molecular flexibility index (Phi) is 7.04. The molecule has 1 N–H and O–H groups in total. The summed E-state index contributed by atoms with van der Waals surface area (Å²) in [5, 5.41) is 18.2. The lowest BCUT2D eigenvalue weighted by atomic mass is 10.0.